The Balaban J connectivity index is 2.21. The van der Waals surface area contributed by atoms with Crippen LogP contribution in [0.4, 0.5) is 8.78 Å². The molecule has 0 bridgehead atoms. The first-order chi connectivity index (χ1) is 9.54. The molecule has 0 spiro atoms. The molecule has 0 saturated heterocycles. The van der Waals surface area contributed by atoms with Gasteiger partial charge in [-0.25, -0.2) is 4.79 Å². The van der Waals surface area contributed by atoms with Gasteiger partial charge in [0.1, 0.15) is 5.75 Å². The Labute approximate surface area is 111 Å². The second kappa shape index (κ2) is 5.91. The predicted molar refractivity (Wildman–Crippen MR) is 63.0 cm³/mol. The number of hydrogen-bond acceptors (Lipinski definition) is 5. The summed E-state index contributed by atoms with van der Waals surface area (Å²) in [6.07, 6.45) is 1.96. The number of carboxylic acids is 1. The molecule has 6 nitrogen and oxygen atoms in total. The smallest absolute Gasteiger partial charge is 0.387 e. The Kier molecular flexibility index (Phi) is 4.04. The number of hydrogen-bond donors (Lipinski definition) is 1. The quantitative estimate of drug-likeness (QED) is 0.848. The zero-order chi connectivity index (χ0) is 14.5. The molecule has 1 aromatic carbocycles. The lowest BCUT2D eigenvalue weighted by Gasteiger charge is -2.04. The standard InChI is InChI=1S/C12H8F2N2O4/c13-12(14)19-8-3-1-2-7(6-8)11-16-15-9(20-11)4-5-10(17)18/h1-6,12H,(H,17,18)/b5-4+. The lowest BCUT2D eigenvalue weighted by molar-refractivity contribution is -0.131. The van der Waals surface area contributed by atoms with Gasteiger partial charge in [-0.3, -0.25) is 0 Å². The lowest BCUT2D eigenvalue weighted by Crippen LogP contribution is -2.01. The fourth-order valence-electron chi connectivity index (χ4n) is 1.37. The normalized spacial score (nSPS) is 11.2. The van der Waals surface area contributed by atoms with E-state index < -0.39 is 12.6 Å². The largest absolute Gasteiger partial charge is 0.478 e. The molecule has 1 heterocycles. The molecule has 1 aromatic heterocycles. The van der Waals surface area contributed by atoms with E-state index in [-0.39, 0.29) is 17.5 Å². The topological polar surface area (TPSA) is 85.5 Å². The maximum atomic E-state index is 12.1. The van der Waals surface area contributed by atoms with Gasteiger partial charge in [0.25, 0.3) is 0 Å². The van der Waals surface area contributed by atoms with Gasteiger partial charge >= 0.3 is 12.6 Å². The third-order valence-corrected chi connectivity index (χ3v) is 2.12. The fourth-order valence-corrected chi connectivity index (χ4v) is 1.37. The van der Waals surface area contributed by atoms with Crippen LogP contribution >= 0.6 is 0 Å². The summed E-state index contributed by atoms with van der Waals surface area (Å²) in [6, 6.07) is 5.72. The molecule has 0 fully saturated rings. The molecule has 0 aliphatic carbocycles. The van der Waals surface area contributed by atoms with Gasteiger partial charge in [0, 0.05) is 17.7 Å². The second-order valence-corrected chi connectivity index (χ2v) is 3.52. The molecule has 2 rings (SSSR count). The number of benzene rings is 1. The van der Waals surface area contributed by atoms with Crippen LogP contribution in [0.5, 0.6) is 5.75 Å². The highest BCUT2D eigenvalue weighted by Gasteiger charge is 2.10. The summed E-state index contributed by atoms with van der Waals surface area (Å²) in [7, 11) is 0. The van der Waals surface area contributed by atoms with Crippen LogP contribution in [0.2, 0.25) is 0 Å². The molecular weight excluding hydrogens is 274 g/mol. The third-order valence-electron chi connectivity index (χ3n) is 2.12. The highest BCUT2D eigenvalue weighted by atomic mass is 19.3. The maximum Gasteiger partial charge on any atom is 0.387 e. The molecule has 0 saturated carbocycles. The molecule has 0 radical (unpaired) electrons. The Bertz CT molecular complexity index is 640. The molecule has 8 heteroatoms. The van der Waals surface area contributed by atoms with Crippen molar-refractivity contribution in [3.8, 4) is 17.2 Å². The first kappa shape index (κ1) is 13.7. The first-order valence-corrected chi connectivity index (χ1v) is 5.34. The number of carboxylic acid groups (broad SMARTS) is 1. The van der Waals surface area contributed by atoms with Crippen LogP contribution in [0.25, 0.3) is 17.5 Å². The van der Waals surface area contributed by atoms with Crippen molar-refractivity contribution in [2.45, 2.75) is 6.61 Å². The summed E-state index contributed by atoms with van der Waals surface area (Å²) < 4.78 is 33.6. The van der Waals surface area contributed by atoms with Crippen LogP contribution in [-0.2, 0) is 4.79 Å². The predicted octanol–water partition coefficient (Wildman–Crippen LogP) is 2.44. The Morgan fingerprint density at radius 1 is 1.40 bits per heavy atom. The number of ether oxygens (including phenoxy) is 1. The van der Waals surface area contributed by atoms with Crippen molar-refractivity contribution >= 4 is 12.0 Å². The molecule has 0 aliphatic rings. The summed E-state index contributed by atoms with van der Waals surface area (Å²) in [5.41, 5.74) is 0.380. The van der Waals surface area contributed by atoms with Gasteiger partial charge in [0.15, 0.2) is 0 Å². The van der Waals surface area contributed by atoms with Gasteiger partial charge in [0.05, 0.1) is 0 Å². The zero-order valence-electron chi connectivity index (χ0n) is 9.86. The summed E-state index contributed by atoms with van der Waals surface area (Å²) in [5, 5.41) is 15.7. The van der Waals surface area contributed by atoms with Crippen molar-refractivity contribution in [2.24, 2.45) is 0 Å². The van der Waals surface area contributed by atoms with E-state index in [1.54, 1.807) is 6.07 Å². The van der Waals surface area contributed by atoms with E-state index in [0.29, 0.717) is 5.56 Å². The average molecular weight is 282 g/mol. The minimum Gasteiger partial charge on any atom is -0.478 e. The van der Waals surface area contributed by atoms with Crippen molar-refractivity contribution in [3.63, 3.8) is 0 Å². The molecular formula is C12H8F2N2O4. The number of alkyl halides is 2. The van der Waals surface area contributed by atoms with E-state index in [0.717, 1.165) is 12.2 Å². The van der Waals surface area contributed by atoms with Crippen molar-refractivity contribution < 1.29 is 27.8 Å². The van der Waals surface area contributed by atoms with Gasteiger partial charge in [0.2, 0.25) is 11.8 Å². The fraction of sp³-hybridized carbons (Fsp3) is 0.0833. The maximum absolute atomic E-state index is 12.1. The van der Waals surface area contributed by atoms with Gasteiger partial charge in [-0.15, -0.1) is 10.2 Å². The van der Waals surface area contributed by atoms with E-state index in [4.69, 9.17) is 9.52 Å². The highest BCUT2D eigenvalue weighted by molar-refractivity contribution is 5.84. The lowest BCUT2D eigenvalue weighted by atomic mass is 10.2. The van der Waals surface area contributed by atoms with E-state index in [9.17, 15) is 13.6 Å². The monoisotopic (exact) mass is 282 g/mol. The minimum absolute atomic E-state index is 0.0115. The first-order valence-electron chi connectivity index (χ1n) is 5.34. The van der Waals surface area contributed by atoms with Gasteiger partial charge < -0.3 is 14.3 Å². The van der Waals surface area contributed by atoms with Gasteiger partial charge in [-0.1, -0.05) is 6.07 Å². The van der Waals surface area contributed by atoms with Crippen molar-refractivity contribution in [1.82, 2.24) is 10.2 Å². The number of carbonyl (C=O) groups is 1. The SMILES string of the molecule is O=C(O)/C=C/c1nnc(-c2cccc(OC(F)F)c2)o1. The van der Waals surface area contributed by atoms with Crippen LogP contribution in [0, 0.1) is 0 Å². The van der Waals surface area contributed by atoms with Crippen LogP contribution < -0.4 is 4.74 Å². The number of aromatic nitrogens is 2. The molecule has 0 unspecified atom stereocenters. The average Bonchev–Trinajstić information content (AvgIpc) is 2.84. The highest BCUT2D eigenvalue weighted by Crippen LogP contribution is 2.24. The van der Waals surface area contributed by atoms with Crippen molar-refractivity contribution in [2.75, 3.05) is 0 Å². The van der Waals surface area contributed by atoms with Crippen LogP contribution in [0.1, 0.15) is 5.89 Å². The number of nitrogens with zero attached hydrogens (tertiary/aromatic N) is 2. The van der Waals surface area contributed by atoms with Crippen molar-refractivity contribution in [3.05, 3.63) is 36.2 Å². The number of aliphatic carboxylic acids is 1. The van der Waals surface area contributed by atoms with Crippen molar-refractivity contribution in [1.29, 1.82) is 0 Å². The molecule has 20 heavy (non-hydrogen) atoms. The van der Waals surface area contributed by atoms with Crippen LogP contribution in [-0.4, -0.2) is 27.9 Å². The van der Waals surface area contributed by atoms with E-state index in [2.05, 4.69) is 14.9 Å². The Hall–Kier alpha value is -2.77. The molecule has 0 amide bonds. The summed E-state index contributed by atoms with van der Waals surface area (Å²) in [6.45, 7) is -2.93. The van der Waals surface area contributed by atoms with E-state index in [1.807, 2.05) is 0 Å². The molecule has 104 valence electrons. The third kappa shape index (κ3) is 3.61. The zero-order valence-corrected chi connectivity index (χ0v) is 9.86. The molecule has 2 aromatic rings. The number of rotatable bonds is 5. The summed E-state index contributed by atoms with van der Waals surface area (Å²) in [4.78, 5) is 10.3. The van der Waals surface area contributed by atoms with Crippen LogP contribution in [0.15, 0.2) is 34.8 Å². The molecule has 1 N–H and O–H groups in total. The molecule has 0 aliphatic heterocycles. The minimum atomic E-state index is -2.93. The number of halogens is 2. The van der Waals surface area contributed by atoms with E-state index >= 15 is 0 Å². The summed E-state index contributed by atoms with van der Waals surface area (Å²) >= 11 is 0. The Morgan fingerprint density at radius 2 is 2.20 bits per heavy atom. The van der Waals surface area contributed by atoms with Gasteiger partial charge in [-0.2, -0.15) is 8.78 Å². The van der Waals surface area contributed by atoms with Crippen LogP contribution in [0.3, 0.4) is 0 Å². The van der Waals surface area contributed by atoms with Gasteiger partial charge in [-0.05, 0) is 18.2 Å². The Morgan fingerprint density at radius 3 is 2.90 bits per heavy atom. The molecule has 0 atom stereocenters. The second-order valence-electron chi connectivity index (χ2n) is 3.52. The van der Waals surface area contributed by atoms with E-state index in [1.165, 1.54) is 18.2 Å². The summed E-state index contributed by atoms with van der Waals surface area (Å²) in [5.74, 6) is -1.15.